The predicted molar refractivity (Wildman–Crippen MR) is 99.5 cm³/mol. The van der Waals surface area contributed by atoms with Gasteiger partial charge in [0.2, 0.25) is 0 Å². The molecule has 6 nitrogen and oxygen atoms in total. The highest BCUT2D eigenvalue weighted by Gasteiger charge is 2.33. The van der Waals surface area contributed by atoms with E-state index in [-0.39, 0.29) is 0 Å². The van der Waals surface area contributed by atoms with Crippen LogP contribution in [-0.2, 0) is 6.54 Å². The number of likely N-dealkylation sites (N-methyl/N-ethyl adjacent to an activating group) is 1. The topological polar surface area (TPSA) is 55.8 Å². The van der Waals surface area contributed by atoms with E-state index in [0.29, 0.717) is 12.6 Å². The maximum atomic E-state index is 4.79. The van der Waals surface area contributed by atoms with E-state index in [1.54, 1.807) is 0 Å². The summed E-state index contributed by atoms with van der Waals surface area (Å²) in [6.45, 7) is 10.1. The fourth-order valence-corrected chi connectivity index (χ4v) is 3.04. The largest absolute Gasteiger partial charge is 0.357 e. The molecule has 2 fully saturated rings. The minimum absolute atomic E-state index is 0.578. The molecule has 2 atom stereocenters. The molecule has 0 bridgehead atoms. The number of aromatic nitrogens is 1. The standard InChI is InChI=1S/C18H30N6/c1-4-19-18(22-16-12-14(16)2)21-13-15-6-5-7-20-17(15)24-10-8-23(3)9-11-24/h5-7,14,16H,4,8-13H2,1-3H3,(H2,19,21,22). The number of hydrogen-bond acceptors (Lipinski definition) is 4. The van der Waals surface area contributed by atoms with Crippen LogP contribution in [0.5, 0.6) is 0 Å². The van der Waals surface area contributed by atoms with E-state index in [2.05, 4.69) is 52.4 Å². The van der Waals surface area contributed by atoms with Crippen molar-refractivity contribution >= 4 is 11.8 Å². The molecular formula is C18H30N6. The molecule has 0 radical (unpaired) electrons. The number of hydrogen-bond donors (Lipinski definition) is 2. The Morgan fingerprint density at radius 2 is 2.08 bits per heavy atom. The van der Waals surface area contributed by atoms with E-state index in [9.17, 15) is 0 Å². The third kappa shape index (κ3) is 4.38. The molecule has 0 aromatic carbocycles. The quantitative estimate of drug-likeness (QED) is 0.629. The van der Waals surface area contributed by atoms with Gasteiger partial charge in [-0.15, -0.1) is 0 Å². The Bertz CT molecular complexity index is 564. The fourth-order valence-electron chi connectivity index (χ4n) is 3.04. The summed E-state index contributed by atoms with van der Waals surface area (Å²) in [5.41, 5.74) is 1.20. The molecule has 6 heteroatoms. The number of guanidine groups is 1. The van der Waals surface area contributed by atoms with Gasteiger partial charge in [0.25, 0.3) is 0 Å². The van der Waals surface area contributed by atoms with Crippen LogP contribution < -0.4 is 15.5 Å². The Morgan fingerprint density at radius 3 is 2.75 bits per heavy atom. The number of aliphatic imine (C=N–C) groups is 1. The van der Waals surface area contributed by atoms with Crippen LogP contribution in [0.25, 0.3) is 0 Å². The molecule has 3 rings (SSSR count). The van der Waals surface area contributed by atoms with Crippen LogP contribution in [0.1, 0.15) is 25.8 Å². The number of pyridine rings is 1. The van der Waals surface area contributed by atoms with Crippen LogP contribution in [0.4, 0.5) is 5.82 Å². The van der Waals surface area contributed by atoms with Gasteiger partial charge in [0, 0.05) is 50.5 Å². The average Bonchev–Trinajstić information content (AvgIpc) is 3.29. The first kappa shape index (κ1) is 17.0. The molecule has 1 saturated heterocycles. The van der Waals surface area contributed by atoms with Crippen LogP contribution >= 0.6 is 0 Å². The molecule has 1 aliphatic carbocycles. The summed E-state index contributed by atoms with van der Waals surface area (Å²) in [6, 6.07) is 4.73. The van der Waals surface area contributed by atoms with Gasteiger partial charge < -0.3 is 20.4 Å². The van der Waals surface area contributed by atoms with Crippen LogP contribution in [-0.4, -0.2) is 61.7 Å². The highest BCUT2D eigenvalue weighted by molar-refractivity contribution is 5.80. The van der Waals surface area contributed by atoms with E-state index in [0.717, 1.165) is 50.4 Å². The van der Waals surface area contributed by atoms with Gasteiger partial charge in [0.1, 0.15) is 5.82 Å². The van der Waals surface area contributed by atoms with Crippen molar-refractivity contribution in [2.45, 2.75) is 32.9 Å². The van der Waals surface area contributed by atoms with Gasteiger partial charge in [-0.3, -0.25) is 0 Å². The normalized spacial score (nSPS) is 24.8. The zero-order valence-corrected chi connectivity index (χ0v) is 15.1. The van der Waals surface area contributed by atoms with Gasteiger partial charge in [-0.25, -0.2) is 9.98 Å². The van der Waals surface area contributed by atoms with Crippen molar-refractivity contribution < 1.29 is 0 Å². The van der Waals surface area contributed by atoms with Gasteiger partial charge >= 0.3 is 0 Å². The Morgan fingerprint density at radius 1 is 1.33 bits per heavy atom. The number of nitrogens with zero attached hydrogens (tertiary/aromatic N) is 4. The van der Waals surface area contributed by atoms with Gasteiger partial charge in [-0.2, -0.15) is 0 Å². The zero-order chi connectivity index (χ0) is 16.9. The van der Waals surface area contributed by atoms with E-state index >= 15 is 0 Å². The maximum absolute atomic E-state index is 4.79. The summed E-state index contributed by atoms with van der Waals surface area (Å²) in [5, 5.41) is 6.86. The predicted octanol–water partition coefficient (Wildman–Crippen LogP) is 1.30. The van der Waals surface area contributed by atoms with Crippen molar-refractivity contribution in [2.24, 2.45) is 10.9 Å². The molecule has 2 N–H and O–H groups in total. The third-order valence-corrected chi connectivity index (χ3v) is 4.85. The van der Waals surface area contributed by atoms with Crippen molar-refractivity contribution in [2.75, 3.05) is 44.7 Å². The number of piperazine rings is 1. The molecule has 1 aromatic heterocycles. The lowest BCUT2D eigenvalue weighted by molar-refractivity contribution is 0.312. The summed E-state index contributed by atoms with van der Waals surface area (Å²) in [4.78, 5) is 14.2. The van der Waals surface area contributed by atoms with E-state index in [1.807, 2.05) is 12.3 Å². The van der Waals surface area contributed by atoms with Crippen LogP contribution in [0.3, 0.4) is 0 Å². The zero-order valence-electron chi connectivity index (χ0n) is 15.1. The van der Waals surface area contributed by atoms with E-state index < -0.39 is 0 Å². The van der Waals surface area contributed by atoms with Crippen molar-refractivity contribution in [3.63, 3.8) is 0 Å². The minimum Gasteiger partial charge on any atom is -0.357 e. The third-order valence-electron chi connectivity index (χ3n) is 4.85. The van der Waals surface area contributed by atoms with Crippen LogP contribution in [0.2, 0.25) is 0 Å². The summed E-state index contributed by atoms with van der Waals surface area (Å²) in [5.74, 6) is 2.76. The van der Waals surface area contributed by atoms with Crippen LogP contribution in [0.15, 0.2) is 23.3 Å². The lowest BCUT2D eigenvalue weighted by atomic mass is 10.2. The molecule has 1 saturated carbocycles. The van der Waals surface area contributed by atoms with Crippen LogP contribution in [0, 0.1) is 5.92 Å². The second kappa shape index (κ2) is 7.83. The lowest BCUT2D eigenvalue weighted by Gasteiger charge is -2.34. The summed E-state index contributed by atoms with van der Waals surface area (Å²) in [6.07, 6.45) is 3.13. The summed E-state index contributed by atoms with van der Waals surface area (Å²) < 4.78 is 0. The van der Waals surface area contributed by atoms with Gasteiger partial charge in [-0.05, 0) is 32.4 Å². The van der Waals surface area contributed by atoms with Crippen molar-refractivity contribution in [3.8, 4) is 0 Å². The van der Waals surface area contributed by atoms with E-state index in [4.69, 9.17) is 4.99 Å². The molecule has 132 valence electrons. The highest BCUT2D eigenvalue weighted by atomic mass is 15.3. The molecule has 2 heterocycles. The van der Waals surface area contributed by atoms with Crippen molar-refractivity contribution in [3.05, 3.63) is 23.9 Å². The smallest absolute Gasteiger partial charge is 0.191 e. The van der Waals surface area contributed by atoms with Crippen molar-refractivity contribution in [1.82, 2.24) is 20.5 Å². The first-order chi connectivity index (χ1) is 11.7. The molecule has 1 aromatic rings. The first-order valence-electron chi connectivity index (χ1n) is 9.09. The molecule has 0 spiro atoms. The molecule has 24 heavy (non-hydrogen) atoms. The van der Waals surface area contributed by atoms with Gasteiger partial charge in [0.05, 0.1) is 6.54 Å². The fraction of sp³-hybridized carbons (Fsp3) is 0.667. The number of nitrogens with one attached hydrogen (secondary N) is 2. The second-order valence-corrected chi connectivity index (χ2v) is 6.94. The van der Waals surface area contributed by atoms with Crippen molar-refractivity contribution in [1.29, 1.82) is 0 Å². The highest BCUT2D eigenvalue weighted by Crippen LogP contribution is 2.28. The summed E-state index contributed by atoms with van der Waals surface area (Å²) >= 11 is 0. The average molecular weight is 330 g/mol. The Hall–Kier alpha value is -1.82. The number of anilines is 1. The molecule has 2 aliphatic rings. The Balaban J connectivity index is 1.68. The molecule has 0 amide bonds. The molecule has 1 aliphatic heterocycles. The van der Waals surface area contributed by atoms with E-state index in [1.165, 1.54) is 12.0 Å². The summed E-state index contributed by atoms with van der Waals surface area (Å²) in [7, 11) is 2.17. The maximum Gasteiger partial charge on any atom is 0.191 e. The monoisotopic (exact) mass is 330 g/mol. The first-order valence-corrected chi connectivity index (χ1v) is 9.09. The molecular weight excluding hydrogens is 300 g/mol. The van der Waals surface area contributed by atoms with Gasteiger partial charge in [0.15, 0.2) is 5.96 Å². The second-order valence-electron chi connectivity index (χ2n) is 6.94. The Labute approximate surface area is 145 Å². The minimum atomic E-state index is 0.578. The SMILES string of the molecule is CCNC(=NCc1cccnc1N1CCN(C)CC1)NC1CC1C. The number of rotatable bonds is 5. The Kier molecular flexibility index (Phi) is 5.56. The van der Waals surface area contributed by atoms with Gasteiger partial charge in [-0.1, -0.05) is 13.0 Å². The molecule has 2 unspecified atom stereocenters. The lowest BCUT2D eigenvalue weighted by Crippen LogP contribution is -2.45.